The second kappa shape index (κ2) is 11.7. The molecule has 0 N–H and O–H groups in total. The van der Waals surface area contributed by atoms with E-state index in [2.05, 4.69) is 0 Å². The third-order valence-electron chi connectivity index (χ3n) is 5.25. The number of hydrogen-bond acceptors (Lipinski definition) is 6. The highest BCUT2D eigenvalue weighted by molar-refractivity contribution is 5.90. The van der Waals surface area contributed by atoms with Gasteiger partial charge in [-0.3, -0.25) is 9.78 Å². The minimum Gasteiger partial charge on any atom is -0.290 e. The Balaban J connectivity index is 1.26. The van der Waals surface area contributed by atoms with Crippen molar-refractivity contribution in [2.45, 2.75) is 19.6 Å². The lowest BCUT2D eigenvalue weighted by Gasteiger charge is -2.13. The van der Waals surface area contributed by atoms with E-state index < -0.39 is 18.2 Å². The minimum atomic E-state index is -1.07. The highest BCUT2D eigenvalue weighted by atomic mass is 17.3. The van der Waals surface area contributed by atoms with Gasteiger partial charge in [-0.05, 0) is 46.5 Å². The van der Waals surface area contributed by atoms with Crippen LogP contribution in [0.25, 0.3) is 22.3 Å². The lowest BCUT2D eigenvalue weighted by molar-refractivity contribution is -0.420. The standard InChI is InChI=1S/C29H24O6/c1-2-27(32-34-28(30)25-17-13-23(14-18-25)21-9-5-3-6-10-21)33-35-29(31)26-19-15-24(16-20-26)22-11-7-4-8-12-22/h3-20,27H,2H2,1H3. The topological polar surface area (TPSA) is 71.1 Å². The summed E-state index contributed by atoms with van der Waals surface area (Å²) in [5.74, 6) is -1.37. The summed E-state index contributed by atoms with van der Waals surface area (Å²) in [6.07, 6.45) is -0.796. The van der Waals surface area contributed by atoms with Crippen molar-refractivity contribution in [1.29, 1.82) is 0 Å². The summed E-state index contributed by atoms with van der Waals surface area (Å²) in [4.78, 5) is 44.4. The van der Waals surface area contributed by atoms with Crippen molar-refractivity contribution in [3.8, 4) is 22.3 Å². The Kier molecular flexibility index (Phi) is 8.01. The number of rotatable bonds is 9. The van der Waals surface area contributed by atoms with Crippen molar-refractivity contribution in [2.75, 3.05) is 0 Å². The summed E-state index contributed by atoms with van der Waals surface area (Å²) < 4.78 is 0. The molecular formula is C29H24O6. The number of carbonyl (C=O) groups excluding carboxylic acids is 2. The van der Waals surface area contributed by atoms with Gasteiger partial charge in [-0.15, -0.1) is 9.78 Å². The molecule has 0 bridgehead atoms. The molecule has 0 fully saturated rings. The van der Waals surface area contributed by atoms with E-state index in [1.165, 1.54) is 0 Å². The predicted octanol–water partition coefficient (Wildman–Crippen LogP) is 6.63. The highest BCUT2D eigenvalue weighted by Crippen LogP contribution is 2.21. The normalized spacial score (nSPS) is 10.7. The molecule has 0 saturated carbocycles. The van der Waals surface area contributed by atoms with Gasteiger partial charge in [0.05, 0.1) is 11.1 Å². The van der Waals surface area contributed by atoms with Crippen LogP contribution in [0, 0.1) is 0 Å². The average molecular weight is 469 g/mol. The van der Waals surface area contributed by atoms with Crippen molar-refractivity contribution in [1.82, 2.24) is 0 Å². The molecule has 4 rings (SSSR count). The Labute approximate surface area is 203 Å². The molecule has 0 aliphatic heterocycles. The molecule has 0 aliphatic carbocycles. The third kappa shape index (κ3) is 6.41. The first kappa shape index (κ1) is 23.9. The first-order valence-electron chi connectivity index (χ1n) is 11.2. The summed E-state index contributed by atoms with van der Waals surface area (Å²) in [6, 6.07) is 33.5. The highest BCUT2D eigenvalue weighted by Gasteiger charge is 2.18. The monoisotopic (exact) mass is 468 g/mol. The first-order valence-corrected chi connectivity index (χ1v) is 11.2. The van der Waals surface area contributed by atoms with Crippen molar-refractivity contribution in [3.05, 3.63) is 120 Å². The van der Waals surface area contributed by atoms with Gasteiger partial charge in [0.25, 0.3) is 0 Å². The number of benzene rings is 4. The second-order valence-electron chi connectivity index (χ2n) is 7.66. The number of hydrogen-bond donors (Lipinski definition) is 0. The van der Waals surface area contributed by atoms with Crippen LogP contribution in [0.15, 0.2) is 109 Å². The maximum Gasteiger partial charge on any atom is 0.373 e. The maximum atomic E-state index is 12.3. The van der Waals surface area contributed by atoms with Crippen LogP contribution >= 0.6 is 0 Å². The summed E-state index contributed by atoms with van der Waals surface area (Å²) in [7, 11) is 0. The quantitative estimate of drug-likeness (QED) is 0.156. The van der Waals surface area contributed by atoms with E-state index in [4.69, 9.17) is 19.6 Å². The van der Waals surface area contributed by atoms with Gasteiger partial charge in [-0.25, -0.2) is 9.59 Å². The molecular weight excluding hydrogens is 444 g/mol. The second-order valence-corrected chi connectivity index (χ2v) is 7.66. The molecule has 0 heterocycles. The summed E-state index contributed by atoms with van der Waals surface area (Å²) in [5, 5.41) is 0. The van der Waals surface area contributed by atoms with E-state index in [0.29, 0.717) is 11.1 Å². The van der Waals surface area contributed by atoms with Gasteiger partial charge in [0.2, 0.25) is 6.29 Å². The van der Waals surface area contributed by atoms with Gasteiger partial charge in [0.1, 0.15) is 0 Å². The van der Waals surface area contributed by atoms with Crippen LogP contribution < -0.4 is 0 Å². The van der Waals surface area contributed by atoms with Crippen LogP contribution in [0.4, 0.5) is 0 Å². The van der Waals surface area contributed by atoms with Crippen molar-refractivity contribution < 1.29 is 29.1 Å². The molecule has 0 aliphatic rings. The lowest BCUT2D eigenvalue weighted by atomic mass is 10.0. The Morgan fingerprint density at radius 3 is 1.23 bits per heavy atom. The Morgan fingerprint density at radius 2 is 0.886 bits per heavy atom. The molecule has 4 aromatic rings. The van der Waals surface area contributed by atoms with Gasteiger partial charge in [-0.1, -0.05) is 91.9 Å². The van der Waals surface area contributed by atoms with Crippen molar-refractivity contribution in [3.63, 3.8) is 0 Å². The summed E-state index contributed by atoms with van der Waals surface area (Å²) in [5.41, 5.74) is 4.66. The van der Waals surface area contributed by atoms with Gasteiger partial charge in [0.15, 0.2) is 0 Å². The van der Waals surface area contributed by atoms with Gasteiger partial charge >= 0.3 is 11.9 Å². The molecule has 4 aromatic carbocycles. The van der Waals surface area contributed by atoms with Crippen LogP contribution in [0.5, 0.6) is 0 Å². The lowest BCUT2D eigenvalue weighted by Crippen LogP contribution is -2.21. The predicted molar refractivity (Wildman–Crippen MR) is 131 cm³/mol. The van der Waals surface area contributed by atoms with Gasteiger partial charge < -0.3 is 0 Å². The zero-order valence-electron chi connectivity index (χ0n) is 19.1. The molecule has 0 atom stereocenters. The minimum absolute atomic E-state index is 0.278. The smallest absolute Gasteiger partial charge is 0.290 e. The molecule has 35 heavy (non-hydrogen) atoms. The average Bonchev–Trinajstić information content (AvgIpc) is 2.94. The molecule has 0 amide bonds. The third-order valence-corrected chi connectivity index (χ3v) is 5.25. The van der Waals surface area contributed by atoms with E-state index in [1.807, 2.05) is 84.9 Å². The summed E-state index contributed by atoms with van der Waals surface area (Å²) >= 11 is 0. The van der Waals surface area contributed by atoms with Crippen LogP contribution in [0.1, 0.15) is 34.1 Å². The SMILES string of the molecule is CCC(OOC(=O)c1ccc(-c2ccccc2)cc1)OOC(=O)c1ccc(-c2ccccc2)cc1. The van der Waals surface area contributed by atoms with Gasteiger partial charge in [0, 0.05) is 6.42 Å². The maximum absolute atomic E-state index is 12.3. The van der Waals surface area contributed by atoms with Crippen LogP contribution in [0.2, 0.25) is 0 Å². The van der Waals surface area contributed by atoms with Gasteiger partial charge in [-0.2, -0.15) is 0 Å². The summed E-state index contributed by atoms with van der Waals surface area (Å²) in [6.45, 7) is 1.73. The van der Waals surface area contributed by atoms with E-state index in [0.717, 1.165) is 22.3 Å². The fourth-order valence-electron chi connectivity index (χ4n) is 3.30. The van der Waals surface area contributed by atoms with Crippen LogP contribution in [-0.4, -0.2) is 18.2 Å². The zero-order chi connectivity index (χ0) is 24.5. The molecule has 0 radical (unpaired) electrons. The molecule has 6 nitrogen and oxygen atoms in total. The zero-order valence-corrected chi connectivity index (χ0v) is 19.1. The van der Waals surface area contributed by atoms with Crippen molar-refractivity contribution in [2.24, 2.45) is 0 Å². The number of carbonyl (C=O) groups is 2. The van der Waals surface area contributed by atoms with E-state index in [1.54, 1.807) is 31.2 Å². The Bertz CT molecular complexity index is 1140. The van der Waals surface area contributed by atoms with Crippen LogP contribution in [0.3, 0.4) is 0 Å². The fraction of sp³-hybridized carbons (Fsp3) is 0.103. The largest absolute Gasteiger partial charge is 0.373 e. The first-order chi connectivity index (χ1) is 17.1. The van der Waals surface area contributed by atoms with E-state index in [-0.39, 0.29) is 6.42 Å². The molecule has 176 valence electrons. The van der Waals surface area contributed by atoms with E-state index >= 15 is 0 Å². The molecule has 6 heteroatoms. The Hall–Kier alpha value is -4.26. The fourth-order valence-corrected chi connectivity index (χ4v) is 3.30. The van der Waals surface area contributed by atoms with Crippen LogP contribution in [-0.2, 0) is 19.6 Å². The molecule has 0 saturated heterocycles. The van der Waals surface area contributed by atoms with E-state index in [9.17, 15) is 9.59 Å². The molecule has 0 spiro atoms. The molecule has 0 unspecified atom stereocenters. The molecule has 0 aromatic heterocycles. The Morgan fingerprint density at radius 1 is 0.543 bits per heavy atom. The van der Waals surface area contributed by atoms with Crippen molar-refractivity contribution >= 4 is 11.9 Å².